The van der Waals surface area contributed by atoms with Gasteiger partial charge in [-0.3, -0.25) is 0 Å². The van der Waals surface area contributed by atoms with Crippen molar-refractivity contribution < 1.29 is 9.53 Å². The van der Waals surface area contributed by atoms with Gasteiger partial charge in [0.2, 0.25) is 0 Å². The Morgan fingerprint density at radius 3 is 2.88 bits per heavy atom. The zero-order valence-electron chi connectivity index (χ0n) is 9.45. The molecule has 0 atom stereocenters. The summed E-state index contributed by atoms with van der Waals surface area (Å²) in [6, 6.07) is 0. The van der Waals surface area contributed by atoms with Crippen LogP contribution in [0.3, 0.4) is 0 Å². The van der Waals surface area contributed by atoms with E-state index in [1.165, 1.54) is 18.4 Å². The number of hydrogen-bond acceptors (Lipinski definition) is 5. The summed E-state index contributed by atoms with van der Waals surface area (Å²) in [5, 5.41) is 0.240. The number of methoxy groups -OCH3 is 1. The molecule has 0 N–H and O–H groups in total. The first kappa shape index (κ1) is 13.8. The summed E-state index contributed by atoms with van der Waals surface area (Å²) in [7, 11) is 1.34. The Morgan fingerprint density at radius 1 is 1.62 bits per heavy atom. The van der Waals surface area contributed by atoms with Crippen LogP contribution in [-0.2, 0) is 4.74 Å². The number of thioether (sulfide) groups is 1. The van der Waals surface area contributed by atoms with Gasteiger partial charge in [0.05, 0.1) is 7.11 Å². The molecule has 16 heavy (non-hydrogen) atoms. The molecule has 0 radical (unpaired) electrons. The van der Waals surface area contributed by atoms with E-state index < -0.39 is 5.97 Å². The van der Waals surface area contributed by atoms with Crippen molar-refractivity contribution in [1.29, 1.82) is 0 Å². The molecule has 1 heterocycles. The molecule has 0 amide bonds. The topological polar surface area (TPSA) is 39.2 Å². The molecule has 0 fully saturated rings. The first-order valence-corrected chi connectivity index (χ1v) is 7.10. The third kappa shape index (κ3) is 3.96. The molecule has 0 saturated heterocycles. The molecule has 1 rings (SSSR count). The average Bonchev–Trinajstić information content (AvgIpc) is 2.58. The van der Waals surface area contributed by atoms with E-state index in [0.717, 1.165) is 16.5 Å². The Bertz CT molecular complexity index is 366. The van der Waals surface area contributed by atoms with Crippen molar-refractivity contribution in [2.45, 2.75) is 24.6 Å². The first-order valence-electron chi connectivity index (χ1n) is 4.92. The van der Waals surface area contributed by atoms with Gasteiger partial charge in [0, 0.05) is 5.75 Å². The first-order chi connectivity index (χ1) is 7.54. The number of carbonyl (C=O) groups is 1. The maximum atomic E-state index is 11.3. The standard InChI is InChI=1S/C10H14ClNO2S2/c1-6(2)4-5-15-10-12-8(11)7(16-10)9(13)14-3/h6H,4-5H2,1-3H3. The number of hydrogen-bond donors (Lipinski definition) is 0. The van der Waals surface area contributed by atoms with Crippen LogP contribution in [0.4, 0.5) is 0 Å². The lowest BCUT2D eigenvalue weighted by atomic mass is 10.2. The Hall–Kier alpha value is -0.260. The van der Waals surface area contributed by atoms with Crippen molar-refractivity contribution in [2.75, 3.05) is 12.9 Å². The Labute approximate surface area is 109 Å². The zero-order valence-corrected chi connectivity index (χ0v) is 11.8. The molecule has 0 bridgehead atoms. The largest absolute Gasteiger partial charge is 0.465 e. The minimum Gasteiger partial charge on any atom is -0.465 e. The third-order valence-electron chi connectivity index (χ3n) is 1.86. The highest BCUT2D eigenvalue weighted by Gasteiger charge is 2.17. The van der Waals surface area contributed by atoms with Gasteiger partial charge in [0.15, 0.2) is 14.4 Å². The van der Waals surface area contributed by atoms with E-state index in [-0.39, 0.29) is 5.15 Å². The van der Waals surface area contributed by atoms with Gasteiger partial charge >= 0.3 is 5.97 Å². The van der Waals surface area contributed by atoms with Crippen LogP contribution in [0.5, 0.6) is 0 Å². The predicted octanol–water partition coefficient (Wildman–Crippen LogP) is 3.72. The fraction of sp³-hybridized carbons (Fsp3) is 0.600. The van der Waals surface area contributed by atoms with E-state index in [4.69, 9.17) is 11.6 Å². The van der Waals surface area contributed by atoms with E-state index in [1.807, 2.05) is 0 Å². The van der Waals surface area contributed by atoms with Gasteiger partial charge in [-0.25, -0.2) is 9.78 Å². The third-order valence-corrected chi connectivity index (χ3v) is 4.45. The molecule has 0 saturated carbocycles. The number of rotatable bonds is 5. The number of thiazole rings is 1. The van der Waals surface area contributed by atoms with E-state index >= 15 is 0 Å². The van der Waals surface area contributed by atoms with Gasteiger partial charge in [0.25, 0.3) is 0 Å². The van der Waals surface area contributed by atoms with Crippen LogP contribution in [0.25, 0.3) is 0 Å². The predicted molar refractivity (Wildman–Crippen MR) is 68.6 cm³/mol. The molecule has 1 aromatic heterocycles. The summed E-state index contributed by atoms with van der Waals surface area (Å²) < 4.78 is 5.44. The van der Waals surface area contributed by atoms with Crippen LogP contribution in [0, 0.1) is 5.92 Å². The number of nitrogens with zero attached hydrogens (tertiary/aromatic N) is 1. The molecule has 6 heteroatoms. The average molecular weight is 280 g/mol. The molecule has 0 spiro atoms. The number of ether oxygens (including phenoxy) is 1. The molecule has 0 unspecified atom stereocenters. The lowest BCUT2D eigenvalue weighted by Crippen LogP contribution is -1.98. The quantitative estimate of drug-likeness (QED) is 0.608. The maximum absolute atomic E-state index is 11.3. The summed E-state index contributed by atoms with van der Waals surface area (Å²) in [6.45, 7) is 4.35. The van der Waals surface area contributed by atoms with Gasteiger partial charge in [-0.05, 0) is 12.3 Å². The minimum atomic E-state index is -0.418. The van der Waals surface area contributed by atoms with E-state index in [1.54, 1.807) is 11.8 Å². The van der Waals surface area contributed by atoms with Crippen LogP contribution in [0.15, 0.2) is 4.34 Å². The number of esters is 1. The monoisotopic (exact) mass is 279 g/mol. The van der Waals surface area contributed by atoms with Crippen LogP contribution in [0.1, 0.15) is 29.9 Å². The zero-order chi connectivity index (χ0) is 12.1. The minimum absolute atomic E-state index is 0.240. The van der Waals surface area contributed by atoms with Gasteiger partial charge in [-0.1, -0.05) is 48.5 Å². The van der Waals surface area contributed by atoms with E-state index in [2.05, 4.69) is 23.6 Å². The summed E-state index contributed by atoms with van der Waals surface area (Å²) in [5.74, 6) is 1.24. The molecule has 0 aliphatic heterocycles. The summed E-state index contributed by atoms with van der Waals surface area (Å²) in [5.41, 5.74) is 0. The molecule has 1 aromatic rings. The maximum Gasteiger partial charge on any atom is 0.351 e. The molecule has 0 aromatic carbocycles. The summed E-state index contributed by atoms with van der Waals surface area (Å²) >= 11 is 8.76. The van der Waals surface area contributed by atoms with Crippen molar-refractivity contribution in [3.8, 4) is 0 Å². The fourth-order valence-electron chi connectivity index (χ4n) is 0.945. The van der Waals surface area contributed by atoms with Crippen molar-refractivity contribution in [1.82, 2.24) is 4.98 Å². The second kappa shape index (κ2) is 6.47. The SMILES string of the molecule is COC(=O)c1sc(SCCC(C)C)nc1Cl. The Morgan fingerprint density at radius 2 is 2.31 bits per heavy atom. The van der Waals surface area contributed by atoms with Gasteiger partial charge in [0.1, 0.15) is 0 Å². The van der Waals surface area contributed by atoms with Gasteiger partial charge in [-0.2, -0.15) is 0 Å². The van der Waals surface area contributed by atoms with Crippen molar-refractivity contribution >= 4 is 40.7 Å². The normalized spacial score (nSPS) is 10.8. The second-order valence-electron chi connectivity index (χ2n) is 3.62. The van der Waals surface area contributed by atoms with E-state index in [0.29, 0.717) is 10.8 Å². The van der Waals surface area contributed by atoms with Crippen molar-refractivity contribution in [2.24, 2.45) is 5.92 Å². The van der Waals surface area contributed by atoms with Gasteiger partial charge in [-0.15, -0.1) is 0 Å². The molecule has 90 valence electrons. The van der Waals surface area contributed by atoms with Crippen LogP contribution in [0.2, 0.25) is 5.15 Å². The molecular formula is C10H14ClNO2S2. The fourth-order valence-corrected chi connectivity index (χ4v) is 3.59. The van der Waals surface area contributed by atoms with Crippen LogP contribution >= 0.6 is 34.7 Å². The van der Waals surface area contributed by atoms with Gasteiger partial charge < -0.3 is 4.74 Å². The molecule has 0 aliphatic rings. The Balaban J connectivity index is 2.59. The highest BCUT2D eigenvalue weighted by molar-refractivity contribution is 8.01. The summed E-state index contributed by atoms with van der Waals surface area (Å²) in [6.07, 6.45) is 1.12. The number of carbonyl (C=O) groups excluding carboxylic acids is 1. The lowest BCUT2D eigenvalue weighted by molar-refractivity contribution is 0.0606. The van der Waals surface area contributed by atoms with Crippen molar-refractivity contribution in [3.05, 3.63) is 10.0 Å². The van der Waals surface area contributed by atoms with Crippen LogP contribution in [-0.4, -0.2) is 23.8 Å². The van der Waals surface area contributed by atoms with Crippen LogP contribution < -0.4 is 0 Å². The highest BCUT2D eigenvalue weighted by atomic mass is 35.5. The van der Waals surface area contributed by atoms with E-state index in [9.17, 15) is 4.79 Å². The smallest absolute Gasteiger partial charge is 0.351 e. The molecule has 0 aliphatic carbocycles. The number of halogens is 1. The number of aromatic nitrogens is 1. The Kier molecular flexibility index (Phi) is 5.58. The summed E-state index contributed by atoms with van der Waals surface area (Å²) in [4.78, 5) is 15.8. The molecular weight excluding hydrogens is 266 g/mol. The molecule has 3 nitrogen and oxygen atoms in total. The second-order valence-corrected chi connectivity index (χ2v) is 6.32. The highest BCUT2D eigenvalue weighted by Crippen LogP contribution is 2.31. The lowest BCUT2D eigenvalue weighted by Gasteiger charge is -2.00. The van der Waals surface area contributed by atoms with Crippen molar-refractivity contribution in [3.63, 3.8) is 0 Å².